The van der Waals surface area contributed by atoms with Gasteiger partial charge in [0.15, 0.2) is 0 Å². The van der Waals surface area contributed by atoms with Crippen LogP contribution in [0.2, 0.25) is 0 Å². The smallest absolute Gasteiger partial charge is 0.105 e. The highest BCUT2D eigenvalue weighted by Crippen LogP contribution is 2.26. The molecule has 3 atom stereocenters. The van der Waals surface area contributed by atoms with Crippen LogP contribution in [0.25, 0.3) is 0 Å². The van der Waals surface area contributed by atoms with E-state index in [1.807, 2.05) is 19.1 Å². The molecular weight excluding hydrogens is 294 g/mol. The lowest BCUT2D eigenvalue weighted by Gasteiger charge is -2.28. The fourth-order valence-electron chi connectivity index (χ4n) is 2.23. The number of benzene rings is 1. The van der Waals surface area contributed by atoms with Crippen LogP contribution in [0.3, 0.4) is 0 Å². The average molecular weight is 314 g/mol. The predicted molar refractivity (Wildman–Crippen MR) is 75.5 cm³/mol. The Morgan fingerprint density at radius 2 is 2.39 bits per heavy atom. The molecule has 18 heavy (non-hydrogen) atoms. The van der Waals surface area contributed by atoms with E-state index >= 15 is 0 Å². The third kappa shape index (κ3) is 3.12. The minimum atomic E-state index is -0.736. The van der Waals surface area contributed by atoms with Crippen LogP contribution in [0.5, 0.6) is 0 Å². The highest BCUT2D eigenvalue weighted by Gasteiger charge is 2.39. The summed E-state index contributed by atoms with van der Waals surface area (Å²) in [7, 11) is 0. The highest BCUT2D eigenvalue weighted by atomic mass is 79.9. The van der Waals surface area contributed by atoms with E-state index < -0.39 is 5.60 Å². The van der Waals surface area contributed by atoms with Crippen LogP contribution in [0, 0.1) is 0 Å². The Labute approximate surface area is 117 Å². The van der Waals surface area contributed by atoms with Gasteiger partial charge in [0.05, 0.1) is 6.10 Å². The summed E-state index contributed by atoms with van der Waals surface area (Å²) < 4.78 is 6.50. The van der Waals surface area contributed by atoms with Gasteiger partial charge in [0, 0.05) is 30.1 Å². The second-order valence-corrected chi connectivity index (χ2v) is 5.94. The van der Waals surface area contributed by atoms with Crippen molar-refractivity contribution in [3.63, 3.8) is 0 Å². The van der Waals surface area contributed by atoms with Gasteiger partial charge < -0.3 is 15.2 Å². The molecule has 0 bridgehead atoms. The van der Waals surface area contributed by atoms with E-state index in [0.29, 0.717) is 19.6 Å². The molecule has 100 valence electrons. The van der Waals surface area contributed by atoms with E-state index in [4.69, 9.17) is 4.74 Å². The molecule has 0 amide bonds. The molecule has 3 nitrogen and oxygen atoms in total. The molecule has 4 heteroatoms. The minimum absolute atomic E-state index is 0.0975. The number of nitrogens with one attached hydrogen (secondary N) is 1. The molecule has 1 aromatic rings. The Morgan fingerprint density at radius 3 is 3.00 bits per heavy atom. The summed E-state index contributed by atoms with van der Waals surface area (Å²) >= 11 is 3.47. The van der Waals surface area contributed by atoms with Crippen molar-refractivity contribution in [2.24, 2.45) is 0 Å². The highest BCUT2D eigenvalue weighted by molar-refractivity contribution is 9.10. The average Bonchev–Trinajstić information content (AvgIpc) is 2.67. The zero-order chi connectivity index (χ0) is 13.2. The first-order valence-electron chi connectivity index (χ1n) is 6.34. The van der Waals surface area contributed by atoms with Gasteiger partial charge in [-0.05, 0) is 31.5 Å². The van der Waals surface area contributed by atoms with E-state index in [9.17, 15) is 5.11 Å². The maximum atomic E-state index is 10.4. The van der Waals surface area contributed by atoms with Gasteiger partial charge in [0.1, 0.15) is 5.60 Å². The standard InChI is InChI=1S/C14H20BrNO2/c1-10(12-4-3-5-13(15)8-12)16-9-14(17)6-7-18-11(14)2/h3-5,8,10-11,16-17H,6-7,9H2,1-2H3. The van der Waals surface area contributed by atoms with Crippen LogP contribution < -0.4 is 5.32 Å². The largest absolute Gasteiger partial charge is 0.386 e. The predicted octanol–water partition coefficient (Wildman–Crippen LogP) is 2.64. The molecule has 1 saturated heterocycles. The van der Waals surface area contributed by atoms with Crippen molar-refractivity contribution in [2.75, 3.05) is 13.2 Å². The maximum Gasteiger partial charge on any atom is 0.105 e. The van der Waals surface area contributed by atoms with E-state index in [2.05, 4.69) is 40.3 Å². The first-order chi connectivity index (χ1) is 8.51. The van der Waals surface area contributed by atoms with Crippen LogP contribution in [-0.4, -0.2) is 30.0 Å². The van der Waals surface area contributed by atoms with Crippen LogP contribution in [0.1, 0.15) is 31.9 Å². The molecule has 0 aliphatic carbocycles. The molecule has 0 saturated carbocycles. The van der Waals surface area contributed by atoms with Crippen LogP contribution in [-0.2, 0) is 4.74 Å². The van der Waals surface area contributed by atoms with Crippen LogP contribution in [0.15, 0.2) is 28.7 Å². The Hall–Kier alpha value is -0.420. The molecule has 2 rings (SSSR count). The topological polar surface area (TPSA) is 41.5 Å². The Kier molecular flexibility index (Phi) is 4.43. The minimum Gasteiger partial charge on any atom is -0.386 e. The van der Waals surface area contributed by atoms with E-state index in [1.54, 1.807) is 0 Å². The van der Waals surface area contributed by atoms with Gasteiger partial charge in [-0.1, -0.05) is 28.1 Å². The van der Waals surface area contributed by atoms with Crippen molar-refractivity contribution in [2.45, 2.75) is 38.0 Å². The summed E-state index contributed by atoms with van der Waals surface area (Å²) in [5, 5.41) is 13.8. The molecule has 0 radical (unpaired) electrons. The van der Waals surface area contributed by atoms with Gasteiger partial charge in [0.2, 0.25) is 0 Å². The van der Waals surface area contributed by atoms with Gasteiger partial charge in [-0.25, -0.2) is 0 Å². The number of rotatable bonds is 4. The molecule has 2 N–H and O–H groups in total. The second kappa shape index (κ2) is 5.70. The summed E-state index contributed by atoms with van der Waals surface area (Å²) in [6, 6.07) is 8.42. The third-order valence-corrected chi connectivity index (χ3v) is 4.22. The van der Waals surface area contributed by atoms with E-state index in [1.165, 1.54) is 5.56 Å². The molecule has 1 fully saturated rings. The number of aliphatic hydroxyl groups is 1. The van der Waals surface area contributed by atoms with Crippen LogP contribution in [0.4, 0.5) is 0 Å². The van der Waals surface area contributed by atoms with Crippen molar-refractivity contribution in [3.05, 3.63) is 34.3 Å². The van der Waals surface area contributed by atoms with Crippen molar-refractivity contribution < 1.29 is 9.84 Å². The van der Waals surface area contributed by atoms with Gasteiger partial charge >= 0.3 is 0 Å². The molecule has 0 spiro atoms. The summed E-state index contributed by atoms with van der Waals surface area (Å²) in [4.78, 5) is 0. The van der Waals surface area contributed by atoms with Gasteiger partial charge in [-0.15, -0.1) is 0 Å². The Balaban J connectivity index is 1.94. The third-order valence-electron chi connectivity index (χ3n) is 3.72. The zero-order valence-corrected chi connectivity index (χ0v) is 12.4. The number of hydrogen-bond acceptors (Lipinski definition) is 3. The molecular formula is C14H20BrNO2. The fraction of sp³-hybridized carbons (Fsp3) is 0.571. The fourth-order valence-corrected chi connectivity index (χ4v) is 2.64. The maximum absolute atomic E-state index is 10.4. The summed E-state index contributed by atoms with van der Waals surface area (Å²) in [5.41, 5.74) is 0.472. The number of hydrogen-bond donors (Lipinski definition) is 2. The monoisotopic (exact) mass is 313 g/mol. The Morgan fingerprint density at radius 1 is 1.61 bits per heavy atom. The molecule has 3 unspecified atom stereocenters. The summed E-state index contributed by atoms with van der Waals surface area (Å²) in [6.45, 7) is 5.23. The number of halogens is 1. The lowest BCUT2D eigenvalue weighted by atomic mass is 9.96. The van der Waals surface area contributed by atoms with Crippen molar-refractivity contribution in [1.29, 1.82) is 0 Å². The lowest BCUT2D eigenvalue weighted by molar-refractivity contribution is -0.0274. The van der Waals surface area contributed by atoms with Gasteiger partial charge in [0.25, 0.3) is 0 Å². The Bertz CT molecular complexity index is 413. The van der Waals surface area contributed by atoms with Crippen molar-refractivity contribution in [1.82, 2.24) is 5.32 Å². The lowest BCUT2D eigenvalue weighted by Crippen LogP contribution is -2.46. The summed E-state index contributed by atoms with van der Waals surface area (Å²) in [5.74, 6) is 0. The molecule has 1 heterocycles. The van der Waals surface area contributed by atoms with Crippen molar-refractivity contribution in [3.8, 4) is 0 Å². The molecule has 0 aromatic heterocycles. The van der Waals surface area contributed by atoms with Gasteiger partial charge in [-0.3, -0.25) is 0 Å². The second-order valence-electron chi connectivity index (χ2n) is 5.02. The van der Waals surface area contributed by atoms with Crippen LogP contribution >= 0.6 is 15.9 Å². The number of ether oxygens (including phenoxy) is 1. The zero-order valence-electron chi connectivity index (χ0n) is 10.8. The van der Waals surface area contributed by atoms with Crippen molar-refractivity contribution >= 4 is 15.9 Å². The SMILES string of the molecule is CC(NCC1(O)CCOC1C)c1cccc(Br)c1. The molecule has 1 aromatic carbocycles. The molecule has 1 aliphatic heterocycles. The molecule has 1 aliphatic rings. The quantitative estimate of drug-likeness (QED) is 0.898. The normalized spacial score (nSPS) is 29.4. The first kappa shape index (κ1) is 14.0. The van der Waals surface area contributed by atoms with Gasteiger partial charge in [-0.2, -0.15) is 0 Å². The summed E-state index contributed by atoms with van der Waals surface area (Å²) in [6.07, 6.45) is 0.603. The van der Waals surface area contributed by atoms with E-state index in [0.717, 1.165) is 4.47 Å². The van der Waals surface area contributed by atoms with E-state index in [-0.39, 0.29) is 12.1 Å². The first-order valence-corrected chi connectivity index (χ1v) is 7.13.